The summed E-state index contributed by atoms with van der Waals surface area (Å²) in [7, 11) is 0. The zero-order valence-electron chi connectivity index (χ0n) is 10.9. The van der Waals surface area contributed by atoms with Gasteiger partial charge < -0.3 is 9.26 Å². The van der Waals surface area contributed by atoms with Crippen molar-refractivity contribution in [1.82, 2.24) is 10.1 Å². The number of rotatable bonds is 2. The van der Waals surface area contributed by atoms with Gasteiger partial charge in [-0.3, -0.25) is 4.90 Å². The number of aromatic nitrogens is 1. The van der Waals surface area contributed by atoms with Gasteiger partial charge in [0, 0.05) is 17.6 Å². The van der Waals surface area contributed by atoms with Crippen LogP contribution in [0.4, 0.5) is 0 Å². The van der Waals surface area contributed by atoms with E-state index in [1.54, 1.807) is 6.07 Å². The van der Waals surface area contributed by atoms with E-state index in [1.165, 1.54) is 25.9 Å². The largest absolute Gasteiger partial charge is 0.470 e. The quantitative estimate of drug-likeness (QED) is 0.851. The van der Waals surface area contributed by atoms with Gasteiger partial charge in [-0.1, -0.05) is 11.6 Å². The van der Waals surface area contributed by atoms with Crippen molar-refractivity contribution < 1.29 is 9.26 Å². The van der Waals surface area contributed by atoms with Crippen molar-refractivity contribution in [1.29, 1.82) is 0 Å². The van der Waals surface area contributed by atoms with Crippen molar-refractivity contribution in [2.45, 2.75) is 18.9 Å². The van der Waals surface area contributed by atoms with E-state index in [2.05, 4.69) is 10.1 Å². The third-order valence-electron chi connectivity index (χ3n) is 4.26. The molecule has 3 saturated heterocycles. The molecule has 1 unspecified atom stereocenters. The SMILES string of the molecule is Cl.Clc1ccc2c(OC3CN4CCC3CC4)noc2c1. The maximum atomic E-state index is 6.09. The molecule has 0 amide bonds. The fraction of sp³-hybridized carbons (Fsp3) is 0.500. The van der Waals surface area contributed by atoms with Gasteiger partial charge in [0.15, 0.2) is 5.58 Å². The van der Waals surface area contributed by atoms with Crippen LogP contribution in [0.2, 0.25) is 5.02 Å². The number of ether oxygens (including phenoxy) is 1. The number of nitrogens with zero attached hydrogens (tertiary/aromatic N) is 2. The third kappa shape index (κ3) is 2.36. The van der Waals surface area contributed by atoms with Crippen LogP contribution in [0, 0.1) is 5.92 Å². The monoisotopic (exact) mass is 314 g/mol. The molecule has 1 aromatic heterocycles. The second-order valence-electron chi connectivity index (χ2n) is 5.42. The summed E-state index contributed by atoms with van der Waals surface area (Å²) in [5, 5.41) is 5.59. The van der Waals surface area contributed by atoms with Crippen molar-refractivity contribution >= 4 is 35.0 Å². The standard InChI is InChI=1S/C14H15ClN2O2.ClH/c15-10-1-2-11-12(7-10)19-16-14(11)18-13-8-17-5-3-9(13)4-6-17;/h1-2,7,9,13H,3-6,8H2;1H. The molecule has 5 rings (SSSR count). The summed E-state index contributed by atoms with van der Waals surface area (Å²) in [5.74, 6) is 1.26. The van der Waals surface area contributed by atoms with Crippen molar-refractivity contribution in [3.05, 3.63) is 23.2 Å². The van der Waals surface area contributed by atoms with Crippen molar-refractivity contribution in [3.8, 4) is 5.88 Å². The van der Waals surface area contributed by atoms with Crippen LogP contribution in [0.15, 0.2) is 22.7 Å². The van der Waals surface area contributed by atoms with Gasteiger partial charge in [0.05, 0.1) is 5.39 Å². The minimum absolute atomic E-state index is 0. The predicted molar refractivity (Wildman–Crippen MR) is 79.8 cm³/mol. The summed E-state index contributed by atoms with van der Waals surface area (Å²) in [6, 6.07) is 5.52. The number of hydrogen-bond donors (Lipinski definition) is 0. The topological polar surface area (TPSA) is 38.5 Å². The molecule has 3 aliphatic heterocycles. The highest BCUT2D eigenvalue weighted by Gasteiger charge is 2.36. The van der Waals surface area contributed by atoms with Gasteiger partial charge in [-0.15, -0.1) is 12.4 Å². The molecular weight excluding hydrogens is 299 g/mol. The Labute approximate surface area is 128 Å². The molecule has 2 aromatic rings. The van der Waals surface area contributed by atoms with Crippen LogP contribution in [-0.4, -0.2) is 35.8 Å². The molecular formula is C14H16Cl2N2O2. The lowest BCUT2D eigenvalue weighted by molar-refractivity contribution is -0.0106. The van der Waals surface area contributed by atoms with E-state index in [1.807, 2.05) is 12.1 Å². The normalized spacial score (nSPS) is 28.4. The van der Waals surface area contributed by atoms with Gasteiger partial charge in [-0.05, 0) is 49.1 Å². The zero-order chi connectivity index (χ0) is 12.8. The average molecular weight is 315 g/mol. The van der Waals surface area contributed by atoms with Gasteiger partial charge in [0.2, 0.25) is 0 Å². The van der Waals surface area contributed by atoms with Gasteiger partial charge >= 0.3 is 0 Å². The lowest BCUT2D eigenvalue weighted by Gasteiger charge is -2.43. The Kier molecular flexibility index (Phi) is 3.80. The van der Waals surface area contributed by atoms with Crippen LogP contribution in [0.1, 0.15) is 12.8 Å². The summed E-state index contributed by atoms with van der Waals surface area (Å²) in [6.45, 7) is 3.42. The molecule has 0 aliphatic carbocycles. The fourth-order valence-corrected chi connectivity index (χ4v) is 3.32. The summed E-state index contributed by atoms with van der Waals surface area (Å²) < 4.78 is 11.4. The van der Waals surface area contributed by atoms with Crippen LogP contribution < -0.4 is 4.74 Å². The fourth-order valence-electron chi connectivity index (χ4n) is 3.16. The Hall–Kier alpha value is -0.970. The first kappa shape index (κ1) is 14.0. The van der Waals surface area contributed by atoms with Crippen LogP contribution in [0.5, 0.6) is 5.88 Å². The number of benzene rings is 1. The Morgan fingerprint density at radius 2 is 2.10 bits per heavy atom. The van der Waals surface area contributed by atoms with Crippen molar-refractivity contribution in [3.63, 3.8) is 0 Å². The number of halogens is 2. The van der Waals surface area contributed by atoms with Gasteiger partial charge in [-0.2, -0.15) is 0 Å². The van der Waals surface area contributed by atoms with E-state index < -0.39 is 0 Å². The Balaban J connectivity index is 0.00000121. The molecule has 20 heavy (non-hydrogen) atoms. The molecule has 0 saturated carbocycles. The minimum atomic E-state index is 0. The number of piperidine rings is 3. The summed E-state index contributed by atoms with van der Waals surface area (Å²) in [5.41, 5.74) is 0.684. The van der Waals surface area contributed by atoms with E-state index in [4.69, 9.17) is 20.9 Å². The molecule has 0 spiro atoms. The minimum Gasteiger partial charge on any atom is -0.470 e. The molecule has 0 N–H and O–H groups in total. The lowest BCUT2D eigenvalue weighted by atomic mass is 9.86. The average Bonchev–Trinajstić information content (AvgIpc) is 2.82. The van der Waals surface area contributed by atoms with E-state index in [9.17, 15) is 0 Å². The maximum Gasteiger partial charge on any atom is 0.262 e. The van der Waals surface area contributed by atoms with Crippen LogP contribution >= 0.6 is 24.0 Å². The highest BCUT2D eigenvalue weighted by molar-refractivity contribution is 6.31. The van der Waals surface area contributed by atoms with Gasteiger partial charge in [0.1, 0.15) is 6.10 Å². The second-order valence-corrected chi connectivity index (χ2v) is 5.86. The zero-order valence-corrected chi connectivity index (χ0v) is 12.5. The Bertz CT molecular complexity index is 608. The molecule has 4 heterocycles. The third-order valence-corrected chi connectivity index (χ3v) is 4.50. The summed E-state index contributed by atoms with van der Waals surface area (Å²) in [6.07, 6.45) is 2.70. The first-order chi connectivity index (χ1) is 9.29. The molecule has 3 aliphatic rings. The van der Waals surface area contributed by atoms with Crippen LogP contribution in [0.25, 0.3) is 11.0 Å². The first-order valence-corrected chi connectivity index (χ1v) is 7.11. The van der Waals surface area contributed by atoms with Crippen LogP contribution in [0.3, 0.4) is 0 Å². The number of fused-ring (bicyclic) bond motifs is 4. The lowest BCUT2D eigenvalue weighted by Crippen LogP contribution is -2.52. The predicted octanol–water partition coefficient (Wildman–Crippen LogP) is 3.38. The van der Waals surface area contributed by atoms with E-state index in [0.29, 0.717) is 22.4 Å². The molecule has 2 bridgehead atoms. The van der Waals surface area contributed by atoms with Gasteiger partial charge in [0.25, 0.3) is 5.88 Å². The maximum absolute atomic E-state index is 6.09. The Morgan fingerprint density at radius 1 is 1.30 bits per heavy atom. The highest BCUT2D eigenvalue weighted by atomic mass is 35.5. The molecule has 4 nitrogen and oxygen atoms in total. The highest BCUT2D eigenvalue weighted by Crippen LogP contribution is 2.33. The van der Waals surface area contributed by atoms with E-state index >= 15 is 0 Å². The molecule has 3 fully saturated rings. The summed E-state index contributed by atoms with van der Waals surface area (Å²) in [4.78, 5) is 2.46. The smallest absolute Gasteiger partial charge is 0.262 e. The number of hydrogen-bond acceptors (Lipinski definition) is 4. The first-order valence-electron chi connectivity index (χ1n) is 6.73. The molecule has 1 atom stereocenters. The van der Waals surface area contributed by atoms with Crippen molar-refractivity contribution in [2.24, 2.45) is 5.92 Å². The van der Waals surface area contributed by atoms with E-state index in [0.717, 1.165) is 11.9 Å². The molecule has 1 aromatic carbocycles. The summed E-state index contributed by atoms with van der Waals surface area (Å²) >= 11 is 5.94. The second kappa shape index (κ2) is 5.43. The van der Waals surface area contributed by atoms with Crippen LogP contribution in [-0.2, 0) is 0 Å². The Morgan fingerprint density at radius 3 is 2.80 bits per heavy atom. The molecule has 0 radical (unpaired) electrons. The van der Waals surface area contributed by atoms with E-state index in [-0.39, 0.29) is 18.5 Å². The van der Waals surface area contributed by atoms with Gasteiger partial charge in [-0.25, -0.2) is 0 Å². The molecule has 108 valence electrons. The van der Waals surface area contributed by atoms with Crippen molar-refractivity contribution in [2.75, 3.05) is 19.6 Å². The molecule has 6 heteroatoms.